The topological polar surface area (TPSA) is 41.0 Å². The molecule has 1 N–H and O–H groups in total. The fourth-order valence-electron chi connectivity index (χ4n) is 3.14. The van der Waals surface area contributed by atoms with Crippen LogP contribution in [0.5, 0.6) is 0 Å². The van der Waals surface area contributed by atoms with Gasteiger partial charge in [0.1, 0.15) is 5.82 Å². The Hall–Kier alpha value is -2.42. The van der Waals surface area contributed by atoms with Crippen molar-refractivity contribution < 1.29 is 0 Å². The number of imidazole rings is 1. The Bertz CT molecular complexity index is 887. The summed E-state index contributed by atoms with van der Waals surface area (Å²) in [5, 5.41) is 0. The summed E-state index contributed by atoms with van der Waals surface area (Å²) in [4.78, 5) is 12.5. The van der Waals surface area contributed by atoms with Gasteiger partial charge in [0.05, 0.1) is 16.7 Å². The second-order valence-corrected chi connectivity index (χ2v) is 6.16. The van der Waals surface area contributed by atoms with Crippen LogP contribution in [0.4, 0.5) is 5.69 Å². The number of aromatic amines is 1. The third-order valence-electron chi connectivity index (χ3n) is 4.29. The smallest absolute Gasteiger partial charge is 0.104 e. The molecule has 0 spiro atoms. The molecule has 110 valence electrons. The van der Waals surface area contributed by atoms with E-state index in [0.29, 0.717) is 0 Å². The largest absolute Gasteiger partial charge is 0.342 e. The fourth-order valence-corrected chi connectivity index (χ4v) is 3.14. The number of aryl methyl sites for hydroxylation is 2. The minimum absolute atomic E-state index is 0.926. The molecular formula is C19H19N3. The first-order chi connectivity index (χ1) is 10.7. The average Bonchev–Trinajstić information content (AvgIpc) is 2.86. The lowest BCUT2D eigenvalue weighted by atomic mass is 9.97. The second kappa shape index (κ2) is 5.09. The molecule has 4 rings (SSSR count). The Morgan fingerprint density at radius 1 is 1.00 bits per heavy atom. The molecule has 0 atom stereocenters. The molecule has 3 nitrogen and oxygen atoms in total. The van der Waals surface area contributed by atoms with Crippen molar-refractivity contribution in [3.8, 4) is 0 Å². The predicted molar refractivity (Wildman–Crippen MR) is 91.2 cm³/mol. The van der Waals surface area contributed by atoms with Gasteiger partial charge in [0.15, 0.2) is 0 Å². The van der Waals surface area contributed by atoms with E-state index in [1.165, 1.54) is 22.4 Å². The number of H-pyrrole nitrogens is 1. The zero-order chi connectivity index (χ0) is 15.1. The molecule has 0 radical (unpaired) electrons. The number of benzene rings is 2. The summed E-state index contributed by atoms with van der Waals surface area (Å²) in [5.41, 5.74) is 8.52. The molecule has 2 heterocycles. The number of aromatic nitrogens is 2. The van der Waals surface area contributed by atoms with E-state index in [1.54, 1.807) is 0 Å². The summed E-state index contributed by atoms with van der Waals surface area (Å²) in [6.45, 7) is 4.10. The highest BCUT2D eigenvalue weighted by Gasteiger charge is 2.10. The lowest BCUT2D eigenvalue weighted by molar-refractivity contribution is 0.996. The number of nitrogens with one attached hydrogen (secondary N) is 1. The van der Waals surface area contributed by atoms with Gasteiger partial charge in [-0.15, -0.1) is 0 Å². The average molecular weight is 289 g/mol. The zero-order valence-electron chi connectivity index (χ0n) is 13.0. The Morgan fingerprint density at radius 3 is 2.73 bits per heavy atom. The number of hydrogen-bond donors (Lipinski definition) is 1. The van der Waals surface area contributed by atoms with Gasteiger partial charge in [0, 0.05) is 5.71 Å². The van der Waals surface area contributed by atoms with E-state index >= 15 is 0 Å². The van der Waals surface area contributed by atoms with Gasteiger partial charge in [0.2, 0.25) is 0 Å². The van der Waals surface area contributed by atoms with Gasteiger partial charge in [-0.2, -0.15) is 0 Å². The summed E-state index contributed by atoms with van der Waals surface area (Å²) in [6, 6.07) is 13.2. The van der Waals surface area contributed by atoms with Crippen molar-refractivity contribution in [2.45, 2.75) is 33.1 Å². The van der Waals surface area contributed by atoms with Crippen LogP contribution in [0, 0.1) is 6.92 Å². The molecule has 1 aliphatic rings. The first kappa shape index (κ1) is 13.3. The highest BCUT2D eigenvalue weighted by molar-refractivity contribution is 5.87. The zero-order valence-corrected chi connectivity index (χ0v) is 13.0. The Morgan fingerprint density at radius 2 is 1.82 bits per heavy atom. The third kappa shape index (κ3) is 2.43. The standard InChI is InChI=1S/C19H19N3/c1-12-3-6-16-7-4-14(10-18(16)20-12)9-15-5-8-17-19(11-15)22-13(2)21-17/h4-5,7-8,10-11H,3,6,9H2,1-2H3,(H,21,22). The van der Waals surface area contributed by atoms with Crippen LogP contribution in [-0.4, -0.2) is 15.7 Å². The molecule has 22 heavy (non-hydrogen) atoms. The number of rotatable bonds is 2. The van der Waals surface area contributed by atoms with E-state index in [9.17, 15) is 0 Å². The minimum atomic E-state index is 0.926. The van der Waals surface area contributed by atoms with Crippen molar-refractivity contribution in [1.82, 2.24) is 9.97 Å². The van der Waals surface area contributed by atoms with Gasteiger partial charge in [-0.25, -0.2) is 4.98 Å². The summed E-state index contributed by atoms with van der Waals surface area (Å²) < 4.78 is 0. The molecule has 3 aromatic rings. The molecule has 0 aliphatic carbocycles. The second-order valence-electron chi connectivity index (χ2n) is 6.16. The summed E-state index contributed by atoms with van der Waals surface area (Å²) in [6.07, 6.45) is 3.13. The lowest BCUT2D eigenvalue weighted by Crippen LogP contribution is -2.02. The predicted octanol–water partition coefficient (Wildman–Crippen LogP) is 4.50. The summed E-state index contributed by atoms with van der Waals surface area (Å²) >= 11 is 0. The van der Waals surface area contributed by atoms with Crippen LogP contribution in [0.2, 0.25) is 0 Å². The Kier molecular flexibility index (Phi) is 3.07. The molecule has 1 aliphatic heterocycles. The van der Waals surface area contributed by atoms with Crippen LogP contribution in [0.1, 0.15) is 35.9 Å². The molecule has 0 bridgehead atoms. The highest BCUT2D eigenvalue weighted by atomic mass is 14.9. The molecule has 0 unspecified atom stereocenters. The van der Waals surface area contributed by atoms with E-state index in [-0.39, 0.29) is 0 Å². The lowest BCUT2D eigenvalue weighted by Gasteiger charge is -2.14. The van der Waals surface area contributed by atoms with Gasteiger partial charge >= 0.3 is 0 Å². The minimum Gasteiger partial charge on any atom is -0.342 e. The van der Waals surface area contributed by atoms with Crippen LogP contribution in [0.15, 0.2) is 41.4 Å². The van der Waals surface area contributed by atoms with Crippen molar-refractivity contribution in [2.24, 2.45) is 4.99 Å². The van der Waals surface area contributed by atoms with Crippen LogP contribution in [0.25, 0.3) is 11.0 Å². The molecule has 1 aromatic heterocycles. The molecular weight excluding hydrogens is 270 g/mol. The number of fused-ring (bicyclic) bond motifs is 2. The Labute approximate surface area is 130 Å². The van der Waals surface area contributed by atoms with Crippen molar-refractivity contribution in [1.29, 1.82) is 0 Å². The quantitative estimate of drug-likeness (QED) is 0.741. The number of nitrogens with zero attached hydrogens (tertiary/aromatic N) is 2. The van der Waals surface area contributed by atoms with Gasteiger partial charge in [-0.1, -0.05) is 18.2 Å². The molecule has 0 saturated carbocycles. The first-order valence-electron chi connectivity index (χ1n) is 7.78. The maximum Gasteiger partial charge on any atom is 0.104 e. The number of hydrogen-bond acceptors (Lipinski definition) is 2. The van der Waals surface area contributed by atoms with Crippen LogP contribution < -0.4 is 0 Å². The summed E-state index contributed by atoms with van der Waals surface area (Å²) in [7, 11) is 0. The van der Waals surface area contributed by atoms with Crippen LogP contribution >= 0.6 is 0 Å². The van der Waals surface area contributed by atoms with E-state index < -0.39 is 0 Å². The molecule has 0 amide bonds. The van der Waals surface area contributed by atoms with Crippen LogP contribution in [-0.2, 0) is 12.8 Å². The molecule has 3 heteroatoms. The van der Waals surface area contributed by atoms with Gasteiger partial charge in [-0.3, -0.25) is 4.99 Å². The third-order valence-corrected chi connectivity index (χ3v) is 4.29. The van der Waals surface area contributed by atoms with E-state index in [2.05, 4.69) is 53.3 Å². The van der Waals surface area contributed by atoms with Crippen molar-refractivity contribution >= 4 is 22.4 Å². The maximum atomic E-state index is 4.70. The molecule has 0 saturated heterocycles. The maximum absolute atomic E-state index is 4.70. The fraction of sp³-hybridized carbons (Fsp3) is 0.263. The monoisotopic (exact) mass is 289 g/mol. The van der Waals surface area contributed by atoms with Crippen molar-refractivity contribution in [3.63, 3.8) is 0 Å². The van der Waals surface area contributed by atoms with Gasteiger partial charge in [0.25, 0.3) is 0 Å². The van der Waals surface area contributed by atoms with Crippen LogP contribution in [0.3, 0.4) is 0 Å². The summed E-state index contributed by atoms with van der Waals surface area (Å²) in [5.74, 6) is 0.964. The van der Waals surface area contributed by atoms with E-state index in [4.69, 9.17) is 4.99 Å². The van der Waals surface area contributed by atoms with E-state index in [1.807, 2.05) is 6.92 Å². The normalized spacial score (nSPS) is 14.0. The highest BCUT2D eigenvalue weighted by Crippen LogP contribution is 2.28. The van der Waals surface area contributed by atoms with Crippen molar-refractivity contribution in [3.05, 3.63) is 58.9 Å². The molecule has 0 fully saturated rings. The Balaban J connectivity index is 1.66. The SMILES string of the molecule is CC1=Nc2cc(Cc3ccc4nc(C)[nH]c4c3)ccc2CC1. The molecule has 2 aromatic carbocycles. The van der Waals surface area contributed by atoms with Crippen molar-refractivity contribution in [2.75, 3.05) is 0 Å². The van der Waals surface area contributed by atoms with Gasteiger partial charge < -0.3 is 4.98 Å². The number of aliphatic imine (C=N–C) groups is 1. The first-order valence-corrected chi connectivity index (χ1v) is 7.78. The van der Waals surface area contributed by atoms with E-state index in [0.717, 1.165) is 41.8 Å². The van der Waals surface area contributed by atoms with Gasteiger partial charge in [-0.05, 0) is 68.0 Å².